The molecule has 2 aliphatic carbocycles. The van der Waals surface area contributed by atoms with E-state index < -0.39 is 0 Å². The van der Waals surface area contributed by atoms with Crippen molar-refractivity contribution < 1.29 is 28.2 Å². The molecule has 4 rings (SSSR count). The number of hydrogen-bond acceptors (Lipinski definition) is 8. The third-order valence-corrected chi connectivity index (χ3v) is 6.05. The molecule has 1 aromatic heterocycles. The zero-order valence-electron chi connectivity index (χ0n) is 17.0. The summed E-state index contributed by atoms with van der Waals surface area (Å²) in [4.78, 5) is 12.2. The van der Waals surface area contributed by atoms with Gasteiger partial charge in [0, 0.05) is 12.0 Å². The highest BCUT2D eigenvalue weighted by Crippen LogP contribution is 2.49. The van der Waals surface area contributed by atoms with Crippen molar-refractivity contribution in [3.05, 3.63) is 18.0 Å². The van der Waals surface area contributed by atoms with Gasteiger partial charge in [0.25, 0.3) is 5.89 Å². The highest BCUT2D eigenvalue weighted by atomic mass is 16.5. The number of nitrogens with zero attached hydrogens (tertiary/aromatic N) is 2. The summed E-state index contributed by atoms with van der Waals surface area (Å²) in [5.74, 6) is 3.76. The summed E-state index contributed by atoms with van der Waals surface area (Å²) in [6.45, 7) is -0.0307. The third kappa shape index (κ3) is 4.02. The lowest BCUT2D eigenvalue weighted by atomic mass is 9.86. The number of carbonyl (C=O) groups excluding carboxylic acids is 1. The lowest BCUT2D eigenvalue weighted by molar-refractivity contribution is -0.147. The van der Waals surface area contributed by atoms with Crippen LogP contribution in [0.4, 0.5) is 0 Å². The number of fused-ring (bicyclic) bond motifs is 2. The summed E-state index contributed by atoms with van der Waals surface area (Å²) in [6.07, 6.45) is 5.49. The van der Waals surface area contributed by atoms with Crippen molar-refractivity contribution in [1.82, 2.24) is 10.2 Å². The van der Waals surface area contributed by atoms with Crippen LogP contribution in [0.15, 0.2) is 16.5 Å². The molecule has 8 nitrogen and oxygen atoms in total. The number of ether oxygens (including phenoxy) is 4. The summed E-state index contributed by atoms with van der Waals surface area (Å²) in [7, 11) is 4.61. The van der Waals surface area contributed by atoms with Crippen LogP contribution in [-0.2, 0) is 16.1 Å². The molecule has 2 bridgehead atoms. The fourth-order valence-corrected chi connectivity index (χ4v) is 4.67. The molecule has 29 heavy (non-hydrogen) atoms. The second-order valence-electron chi connectivity index (χ2n) is 7.71. The number of aromatic nitrogens is 2. The van der Waals surface area contributed by atoms with Gasteiger partial charge >= 0.3 is 5.97 Å². The quantitative estimate of drug-likeness (QED) is 0.618. The number of methoxy groups -OCH3 is 3. The summed E-state index contributed by atoms with van der Waals surface area (Å²) in [5.41, 5.74) is 0.617. The number of carbonyl (C=O) groups is 1. The number of benzene rings is 1. The molecule has 8 heteroatoms. The average molecular weight is 402 g/mol. The maximum atomic E-state index is 12.2. The average Bonchev–Trinajstić information content (AvgIpc) is 3.48. The van der Waals surface area contributed by atoms with E-state index in [0.29, 0.717) is 41.1 Å². The Morgan fingerprint density at radius 3 is 2.41 bits per heavy atom. The van der Waals surface area contributed by atoms with Gasteiger partial charge in [-0.25, -0.2) is 0 Å². The van der Waals surface area contributed by atoms with E-state index in [1.807, 2.05) is 0 Å². The summed E-state index contributed by atoms with van der Waals surface area (Å²) in [5, 5.41) is 8.03. The van der Waals surface area contributed by atoms with E-state index in [9.17, 15) is 4.79 Å². The molecule has 0 saturated heterocycles. The molecule has 2 fully saturated rings. The molecule has 0 amide bonds. The van der Waals surface area contributed by atoms with Crippen molar-refractivity contribution in [3.8, 4) is 28.7 Å². The van der Waals surface area contributed by atoms with E-state index in [0.717, 1.165) is 12.3 Å². The van der Waals surface area contributed by atoms with Crippen molar-refractivity contribution in [1.29, 1.82) is 0 Å². The van der Waals surface area contributed by atoms with E-state index >= 15 is 0 Å². The van der Waals surface area contributed by atoms with Crippen LogP contribution in [0.1, 0.15) is 38.0 Å². The van der Waals surface area contributed by atoms with Gasteiger partial charge in [0.2, 0.25) is 11.6 Å². The first kappa shape index (κ1) is 19.5. The Hall–Kier alpha value is -2.77. The first-order valence-corrected chi connectivity index (χ1v) is 9.89. The second kappa shape index (κ2) is 8.31. The molecule has 2 aromatic rings. The standard InChI is InChI=1S/C21H26N2O6/c1-25-16-8-15(9-17(26-2)20(16)27-3)21-23-22-18(29-21)11-28-19(24)10-14-7-12-4-5-13(14)6-12/h8-9,12-14H,4-7,10-11H2,1-3H3/t12-,13-,14-/m1/s1. The zero-order chi connectivity index (χ0) is 20.4. The Labute approximate surface area is 169 Å². The molecular formula is C21H26N2O6. The molecule has 0 radical (unpaired) electrons. The van der Waals surface area contributed by atoms with Gasteiger partial charge in [-0.3, -0.25) is 4.79 Å². The van der Waals surface area contributed by atoms with Crippen molar-refractivity contribution in [2.75, 3.05) is 21.3 Å². The first-order valence-electron chi connectivity index (χ1n) is 9.89. The van der Waals surface area contributed by atoms with Crippen molar-refractivity contribution in [2.24, 2.45) is 17.8 Å². The van der Waals surface area contributed by atoms with Gasteiger partial charge in [-0.2, -0.15) is 0 Å². The van der Waals surface area contributed by atoms with Crippen LogP contribution in [0.5, 0.6) is 17.2 Å². The van der Waals surface area contributed by atoms with E-state index in [-0.39, 0.29) is 24.4 Å². The normalized spacial score (nSPS) is 22.5. The van der Waals surface area contributed by atoms with E-state index in [1.165, 1.54) is 40.6 Å². The Balaban J connectivity index is 1.39. The van der Waals surface area contributed by atoms with Gasteiger partial charge in [0.1, 0.15) is 0 Å². The number of esters is 1. The molecule has 1 heterocycles. The summed E-state index contributed by atoms with van der Waals surface area (Å²) in [6, 6.07) is 3.44. The van der Waals surface area contributed by atoms with Gasteiger partial charge in [-0.15, -0.1) is 10.2 Å². The molecule has 0 spiro atoms. The summed E-state index contributed by atoms with van der Waals surface area (Å²) >= 11 is 0. The van der Waals surface area contributed by atoms with E-state index in [2.05, 4.69) is 10.2 Å². The maximum Gasteiger partial charge on any atom is 0.306 e. The molecule has 3 atom stereocenters. The van der Waals surface area contributed by atoms with Crippen molar-refractivity contribution in [3.63, 3.8) is 0 Å². The Morgan fingerprint density at radius 1 is 1.07 bits per heavy atom. The minimum absolute atomic E-state index is 0.0307. The van der Waals surface area contributed by atoms with Crippen LogP contribution in [-0.4, -0.2) is 37.5 Å². The minimum Gasteiger partial charge on any atom is -0.493 e. The smallest absolute Gasteiger partial charge is 0.306 e. The molecule has 0 N–H and O–H groups in total. The predicted octanol–water partition coefficient (Wildman–Crippen LogP) is 3.63. The Kier molecular flexibility index (Phi) is 5.60. The Morgan fingerprint density at radius 2 is 1.83 bits per heavy atom. The lowest BCUT2D eigenvalue weighted by Gasteiger charge is -2.20. The first-order chi connectivity index (χ1) is 14.1. The van der Waals surface area contributed by atoms with Crippen LogP contribution in [0.3, 0.4) is 0 Å². The molecular weight excluding hydrogens is 376 g/mol. The molecule has 0 aliphatic heterocycles. The van der Waals surface area contributed by atoms with Crippen LogP contribution < -0.4 is 14.2 Å². The van der Waals surface area contributed by atoms with Crippen LogP contribution >= 0.6 is 0 Å². The SMILES string of the molecule is COc1cc(-c2nnc(COC(=O)C[C@H]3C[C@@H]4CC[C@@H]3C4)o2)cc(OC)c1OC. The summed E-state index contributed by atoms with van der Waals surface area (Å²) < 4.78 is 27.0. The lowest BCUT2D eigenvalue weighted by Crippen LogP contribution is -2.17. The third-order valence-electron chi connectivity index (χ3n) is 6.05. The maximum absolute atomic E-state index is 12.2. The number of hydrogen-bond donors (Lipinski definition) is 0. The fraction of sp³-hybridized carbons (Fsp3) is 0.571. The van der Waals surface area contributed by atoms with E-state index in [1.54, 1.807) is 12.1 Å². The highest BCUT2D eigenvalue weighted by molar-refractivity contribution is 5.69. The molecule has 1 aromatic carbocycles. The molecule has 2 aliphatic rings. The van der Waals surface area contributed by atoms with Crippen LogP contribution in [0.2, 0.25) is 0 Å². The van der Waals surface area contributed by atoms with Gasteiger partial charge in [0.05, 0.1) is 21.3 Å². The zero-order valence-corrected chi connectivity index (χ0v) is 17.0. The largest absolute Gasteiger partial charge is 0.493 e. The minimum atomic E-state index is -0.199. The van der Waals surface area contributed by atoms with Gasteiger partial charge in [-0.05, 0) is 49.1 Å². The molecule has 156 valence electrons. The Bertz CT molecular complexity index is 855. The van der Waals surface area contributed by atoms with Crippen molar-refractivity contribution >= 4 is 5.97 Å². The van der Waals surface area contributed by atoms with Gasteiger partial charge in [0.15, 0.2) is 18.1 Å². The van der Waals surface area contributed by atoms with Gasteiger partial charge < -0.3 is 23.4 Å². The second-order valence-corrected chi connectivity index (χ2v) is 7.71. The highest BCUT2D eigenvalue weighted by Gasteiger charge is 2.40. The van der Waals surface area contributed by atoms with Crippen molar-refractivity contribution in [2.45, 2.75) is 38.7 Å². The molecule has 2 saturated carbocycles. The van der Waals surface area contributed by atoms with E-state index in [4.69, 9.17) is 23.4 Å². The van der Waals surface area contributed by atoms with Crippen LogP contribution in [0.25, 0.3) is 11.5 Å². The van der Waals surface area contributed by atoms with Crippen LogP contribution in [0, 0.1) is 17.8 Å². The number of rotatable bonds is 8. The predicted molar refractivity (Wildman–Crippen MR) is 103 cm³/mol. The monoisotopic (exact) mass is 402 g/mol. The topological polar surface area (TPSA) is 92.9 Å². The fourth-order valence-electron chi connectivity index (χ4n) is 4.67. The van der Waals surface area contributed by atoms with Gasteiger partial charge in [-0.1, -0.05) is 6.42 Å². The molecule has 0 unspecified atom stereocenters.